The van der Waals surface area contributed by atoms with Crippen molar-refractivity contribution in [3.05, 3.63) is 87.3 Å². The van der Waals surface area contributed by atoms with E-state index in [4.69, 9.17) is 11.6 Å². The molecule has 1 aromatic carbocycles. The summed E-state index contributed by atoms with van der Waals surface area (Å²) >= 11 is 7.59. The van der Waals surface area contributed by atoms with Crippen LogP contribution in [0.5, 0.6) is 0 Å². The lowest BCUT2D eigenvalue weighted by Gasteiger charge is -2.21. The Bertz CT molecular complexity index is 806. The molecule has 2 unspecified atom stereocenters. The summed E-state index contributed by atoms with van der Waals surface area (Å²) in [6, 6.07) is 14.7. The predicted octanol–water partition coefficient (Wildman–Crippen LogP) is 4.95. The number of carbonyl (C=O) groups excluding carboxylic acids is 1. The fourth-order valence-corrected chi connectivity index (χ4v) is 3.46. The Morgan fingerprint density at radius 3 is 2.40 bits per heavy atom. The molecule has 3 aromatic rings. The Morgan fingerprint density at radius 1 is 1.04 bits per heavy atom. The van der Waals surface area contributed by atoms with E-state index < -0.39 is 0 Å². The van der Waals surface area contributed by atoms with Crippen LogP contribution in [0.15, 0.2) is 66.3 Å². The molecule has 2 aromatic heterocycles. The van der Waals surface area contributed by atoms with Gasteiger partial charge in [0.1, 0.15) is 0 Å². The number of hydrogen-bond donors (Lipinski definition) is 2. The molecule has 0 bridgehead atoms. The van der Waals surface area contributed by atoms with E-state index in [9.17, 15) is 4.79 Å². The Morgan fingerprint density at radius 2 is 1.76 bits per heavy atom. The number of urea groups is 1. The van der Waals surface area contributed by atoms with Crippen LogP contribution in [0.4, 0.5) is 4.79 Å². The van der Waals surface area contributed by atoms with Gasteiger partial charge in [0, 0.05) is 22.3 Å². The Balaban J connectivity index is 1.74. The molecular formula is C19H18ClN3OS. The van der Waals surface area contributed by atoms with Crippen LogP contribution in [-0.4, -0.2) is 11.0 Å². The molecule has 6 heteroatoms. The molecule has 2 N–H and O–H groups in total. The standard InChI is InChI=1S/C19H18ClN3OS/c1-13(14-8-10-21-11-9-14)22-19(24)23-18(17-3-2-12-25-17)15-4-6-16(20)7-5-15/h2-13,18H,1H3,(H2,22,23,24). The number of rotatable bonds is 5. The van der Waals surface area contributed by atoms with E-state index in [2.05, 4.69) is 15.6 Å². The molecular weight excluding hydrogens is 354 g/mol. The van der Waals surface area contributed by atoms with E-state index in [0.717, 1.165) is 16.0 Å². The van der Waals surface area contributed by atoms with Crippen LogP contribution in [0, 0.1) is 0 Å². The minimum atomic E-state index is -0.224. The zero-order valence-electron chi connectivity index (χ0n) is 13.6. The van der Waals surface area contributed by atoms with Crippen molar-refractivity contribution in [2.45, 2.75) is 19.0 Å². The van der Waals surface area contributed by atoms with Gasteiger partial charge in [0.05, 0.1) is 12.1 Å². The summed E-state index contributed by atoms with van der Waals surface area (Å²) < 4.78 is 0. The summed E-state index contributed by atoms with van der Waals surface area (Å²) in [5, 5.41) is 8.70. The lowest BCUT2D eigenvalue weighted by molar-refractivity contribution is 0.236. The second kappa shape index (κ2) is 8.14. The number of amides is 2. The van der Waals surface area contributed by atoms with Gasteiger partial charge in [-0.25, -0.2) is 4.79 Å². The Hall–Kier alpha value is -2.37. The monoisotopic (exact) mass is 371 g/mol. The maximum absolute atomic E-state index is 12.5. The average molecular weight is 372 g/mol. The lowest BCUT2D eigenvalue weighted by atomic mass is 10.1. The van der Waals surface area contributed by atoms with E-state index in [1.165, 1.54) is 0 Å². The maximum atomic E-state index is 12.5. The summed E-state index contributed by atoms with van der Waals surface area (Å²) in [5.74, 6) is 0. The van der Waals surface area contributed by atoms with Crippen LogP contribution in [0.3, 0.4) is 0 Å². The summed E-state index contributed by atoms with van der Waals surface area (Å²) in [7, 11) is 0. The van der Waals surface area contributed by atoms with E-state index in [0.29, 0.717) is 5.02 Å². The number of aromatic nitrogens is 1. The third-order valence-electron chi connectivity index (χ3n) is 3.86. The van der Waals surface area contributed by atoms with Gasteiger partial charge in [-0.3, -0.25) is 4.98 Å². The summed E-state index contributed by atoms with van der Waals surface area (Å²) in [4.78, 5) is 17.6. The highest BCUT2D eigenvalue weighted by Crippen LogP contribution is 2.27. The van der Waals surface area contributed by atoms with E-state index in [-0.39, 0.29) is 18.1 Å². The third-order valence-corrected chi connectivity index (χ3v) is 5.05. The quantitative estimate of drug-likeness (QED) is 0.667. The van der Waals surface area contributed by atoms with Crippen molar-refractivity contribution in [2.75, 3.05) is 0 Å². The SMILES string of the molecule is CC(NC(=O)NC(c1ccc(Cl)cc1)c1cccs1)c1ccncc1. The Kier molecular flexibility index (Phi) is 5.68. The van der Waals surface area contributed by atoms with Gasteiger partial charge < -0.3 is 10.6 Å². The third kappa shape index (κ3) is 4.59. The first-order valence-corrected chi connectivity index (χ1v) is 9.15. The molecule has 3 rings (SSSR count). The molecule has 2 heterocycles. The maximum Gasteiger partial charge on any atom is 0.316 e. The van der Waals surface area contributed by atoms with Crippen LogP contribution >= 0.6 is 22.9 Å². The molecule has 0 saturated heterocycles. The summed E-state index contributed by atoms with van der Waals surface area (Å²) in [5.41, 5.74) is 1.99. The largest absolute Gasteiger partial charge is 0.332 e. The zero-order chi connectivity index (χ0) is 17.6. The van der Waals surface area contributed by atoms with E-state index >= 15 is 0 Å². The molecule has 2 amide bonds. The van der Waals surface area contributed by atoms with Crippen LogP contribution in [0.2, 0.25) is 5.02 Å². The van der Waals surface area contributed by atoms with Crippen LogP contribution < -0.4 is 10.6 Å². The van der Waals surface area contributed by atoms with Crippen molar-refractivity contribution in [1.29, 1.82) is 0 Å². The number of hydrogen-bond acceptors (Lipinski definition) is 3. The average Bonchev–Trinajstić information content (AvgIpc) is 3.15. The van der Waals surface area contributed by atoms with Gasteiger partial charge in [0.2, 0.25) is 0 Å². The van der Waals surface area contributed by atoms with Gasteiger partial charge in [-0.2, -0.15) is 0 Å². The van der Waals surface area contributed by atoms with E-state index in [1.807, 2.05) is 60.8 Å². The molecule has 0 aliphatic rings. The number of carbonyl (C=O) groups is 1. The molecule has 0 aliphatic carbocycles. The van der Waals surface area contributed by atoms with Gasteiger partial charge in [-0.1, -0.05) is 29.8 Å². The van der Waals surface area contributed by atoms with Gasteiger partial charge >= 0.3 is 6.03 Å². The first-order valence-electron chi connectivity index (χ1n) is 7.89. The first kappa shape index (κ1) is 17.5. The first-order chi connectivity index (χ1) is 12.1. The molecule has 0 saturated carbocycles. The molecule has 25 heavy (non-hydrogen) atoms. The number of pyridine rings is 1. The number of nitrogens with one attached hydrogen (secondary N) is 2. The number of thiophene rings is 1. The Labute approximate surface area is 155 Å². The highest BCUT2D eigenvalue weighted by Gasteiger charge is 2.19. The number of nitrogens with zero attached hydrogens (tertiary/aromatic N) is 1. The zero-order valence-corrected chi connectivity index (χ0v) is 15.2. The minimum absolute atomic E-state index is 0.114. The number of halogens is 1. The highest BCUT2D eigenvalue weighted by molar-refractivity contribution is 7.10. The van der Waals surface area contributed by atoms with Gasteiger partial charge in [-0.15, -0.1) is 11.3 Å². The fourth-order valence-electron chi connectivity index (χ4n) is 2.53. The molecule has 4 nitrogen and oxygen atoms in total. The van der Waals surface area contributed by atoms with Crippen molar-refractivity contribution >= 4 is 29.0 Å². The van der Waals surface area contributed by atoms with Crippen LogP contribution in [0.1, 0.15) is 35.0 Å². The summed E-state index contributed by atoms with van der Waals surface area (Å²) in [6.07, 6.45) is 3.43. The van der Waals surface area contributed by atoms with Crippen molar-refractivity contribution in [1.82, 2.24) is 15.6 Å². The predicted molar refractivity (Wildman–Crippen MR) is 102 cm³/mol. The normalized spacial score (nSPS) is 13.0. The highest BCUT2D eigenvalue weighted by atomic mass is 35.5. The lowest BCUT2D eigenvalue weighted by Crippen LogP contribution is -2.39. The molecule has 2 atom stereocenters. The van der Waals surface area contributed by atoms with Crippen molar-refractivity contribution < 1.29 is 4.79 Å². The van der Waals surface area contributed by atoms with Crippen LogP contribution in [0.25, 0.3) is 0 Å². The molecule has 128 valence electrons. The summed E-state index contributed by atoms with van der Waals surface area (Å²) in [6.45, 7) is 1.94. The van der Waals surface area contributed by atoms with Crippen molar-refractivity contribution in [3.63, 3.8) is 0 Å². The number of benzene rings is 1. The molecule has 0 aliphatic heterocycles. The topological polar surface area (TPSA) is 54.0 Å². The second-order valence-electron chi connectivity index (χ2n) is 5.62. The fraction of sp³-hybridized carbons (Fsp3) is 0.158. The van der Waals surface area contributed by atoms with E-state index in [1.54, 1.807) is 23.7 Å². The minimum Gasteiger partial charge on any atom is -0.332 e. The molecule has 0 spiro atoms. The smallest absolute Gasteiger partial charge is 0.316 e. The van der Waals surface area contributed by atoms with Gasteiger partial charge in [0.25, 0.3) is 0 Å². The van der Waals surface area contributed by atoms with Crippen molar-refractivity contribution in [3.8, 4) is 0 Å². The van der Waals surface area contributed by atoms with Crippen molar-refractivity contribution in [2.24, 2.45) is 0 Å². The second-order valence-corrected chi connectivity index (χ2v) is 7.04. The molecule has 0 radical (unpaired) electrons. The van der Waals surface area contributed by atoms with Gasteiger partial charge in [-0.05, 0) is 53.8 Å². The van der Waals surface area contributed by atoms with Gasteiger partial charge in [0.15, 0.2) is 0 Å². The molecule has 0 fully saturated rings. The van der Waals surface area contributed by atoms with Crippen LogP contribution in [-0.2, 0) is 0 Å².